The smallest absolute Gasteiger partial charge is 0.405 e. The number of carboxylic acid groups (broad SMARTS) is 1. The van der Waals surface area contributed by atoms with Crippen molar-refractivity contribution in [1.29, 1.82) is 0 Å². The second-order valence-electron chi connectivity index (χ2n) is 10.5. The van der Waals surface area contributed by atoms with Gasteiger partial charge in [-0.25, -0.2) is 4.79 Å². The number of rotatable bonds is 6. The van der Waals surface area contributed by atoms with E-state index in [1.807, 2.05) is 0 Å². The van der Waals surface area contributed by atoms with Crippen LogP contribution >= 0.6 is 11.5 Å². The molecule has 0 atom stereocenters. The number of anilines is 1. The molecular weight excluding hydrogens is 432 g/mol. The summed E-state index contributed by atoms with van der Waals surface area (Å²) in [7, 11) is 0. The van der Waals surface area contributed by atoms with Crippen molar-refractivity contribution in [1.82, 2.24) is 14.6 Å². The molecule has 33 heavy (non-hydrogen) atoms. The molecule has 6 nitrogen and oxygen atoms in total. The van der Waals surface area contributed by atoms with Gasteiger partial charge in [0.2, 0.25) is 0 Å². The van der Waals surface area contributed by atoms with Crippen molar-refractivity contribution in [2.24, 2.45) is 11.8 Å². The van der Waals surface area contributed by atoms with Crippen LogP contribution in [0.2, 0.25) is 0 Å². The Balaban J connectivity index is 1.07. The highest BCUT2D eigenvalue weighted by Gasteiger charge is 2.42. The minimum absolute atomic E-state index is 0.148. The fourth-order valence-corrected chi connectivity index (χ4v) is 7.48. The molecule has 7 heteroatoms. The molecule has 2 aliphatic carbocycles. The number of fused-ring (bicyclic) bond motifs is 1. The van der Waals surface area contributed by atoms with Crippen LogP contribution in [0.1, 0.15) is 64.2 Å². The minimum Gasteiger partial charge on any atom is -0.465 e. The van der Waals surface area contributed by atoms with Gasteiger partial charge in [-0.2, -0.15) is 4.37 Å². The van der Waals surface area contributed by atoms with Crippen molar-refractivity contribution in [2.45, 2.75) is 69.7 Å². The standard InChI is InChI=1S/C26H38N4O2S/c31-25(32)27-26(13-4-1-5-14-26)21-10-8-20(9-11-21)12-15-29-16-18-30(19-17-29)24-22-6-2-3-7-23(22)33-28-24/h2-3,6-7,20-21,27H,1,4-5,8-19H2,(H,31,32). The lowest BCUT2D eigenvalue weighted by molar-refractivity contribution is 0.0876. The van der Waals surface area contributed by atoms with Crippen molar-refractivity contribution >= 4 is 33.5 Å². The molecule has 0 bridgehead atoms. The van der Waals surface area contributed by atoms with Gasteiger partial charge in [0.25, 0.3) is 0 Å². The van der Waals surface area contributed by atoms with Gasteiger partial charge in [-0.3, -0.25) is 4.90 Å². The zero-order chi connectivity index (χ0) is 22.7. The number of nitrogens with zero attached hydrogens (tertiary/aromatic N) is 3. The van der Waals surface area contributed by atoms with Crippen LogP contribution in [0.4, 0.5) is 10.6 Å². The molecule has 3 fully saturated rings. The molecule has 1 aliphatic heterocycles. The summed E-state index contributed by atoms with van der Waals surface area (Å²) in [5.41, 5.74) is -0.148. The topological polar surface area (TPSA) is 68.7 Å². The van der Waals surface area contributed by atoms with Crippen molar-refractivity contribution in [3.8, 4) is 0 Å². The van der Waals surface area contributed by atoms with Crippen LogP contribution in [0.5, 0.6) is 0 Å². The van der Waals surface area contributed by atoms with Crippen LogP contribution < -0.4 is 10.2 Å². The third kappa shape index (κ3) is 5.14. The monoisotopic (exact) mass is 470 g/mol. The van der Waals surface area contributed by atoms with Crippen molar-refractivity contribution in [3.05, 3.63) is 24.3 Å². The van der Waals surface area contributed by atoms with Gasteiger partial charge in [0.15, 0.2) is 0 Å². The second kappa shape index (κ2) is 10.2. The third-order valence-corrected chi connectivity index (χ3v) is 9.43. The second-order valence-corrected chi connectivity index (χ2v) is 11.3. The first-order valence-corrected chi connectivity index (χ1v) is 13.7. The Morgan fingerprint density at radius 1 is 1.06 bits per heavy atom. The van der Waals surface area contributed by atoms with Crippen LogP contribution in [-0.4, -0.2) is 58.7 Å². The predicted octanol–water partition coefficient (Wildman–Crippen LogP) is 5.59. The van der Waals surface area contributed by atoms with Gasteiger partial charge >= 0.3 is 6.09 Å². The fraction of sp³-hybridized carbons (Fsp3) is 0.692. The molecule has 1 aromatic heterocycles. The van der Waals surface area contributed by atoms with Gasteiger partial charge in [-0.15, -0.1) is 0 Å². The highest BCUT2D eigenvalue weighted by atomic mass is 32.1. The SMILES string of the molecule is O=C(O)NC1(C2CCC(CCN3CCN(c4nsc5ccccc45)CC3)CC2)CCCCC1. The van der Waals surface area contributed by atoms with Crippen LogP contribution in [0, 0.1) is 11.8 Å². The van der Waals surface area contributed by atoms with Crippen LogP contribution in [-0.2, 0) is 0 Å². The summed E-state index contributed by atoms with van der Waals surface area (Å²) in [6.07, 6.45) is 11.0. The number of hydrogen-bond acceptors (Lipinski definition) is 5. The van der Waals surface area contributed by atoms with E-state index in [1.54, 1.807) is 11.5 Å². The van der Waals surface area contributed by atoms with Gasteiger partial charge < -0.3 is 15.3 Å². The summed E-state index contributed by atoms with van der Waals surface area (Å²) in [4.78, 5) is 16.6. The molecule has 1 amide bonds. The van der Waals surface area contributed by atoms with E-state index in [1.165, 1.54) is 73.8 Å². The Bertz CT molecular complexity index is 925. The van der Waals surface area contributed by atoms with Gasteiger partial charge in [0.05, 0.1) is 4.70 Å². The molecule has 0 spiro atoms. The number of nitrogens with one attached hydrogen (secondary N) is 1. The van der Waals surface area contributed by atoms with E-state index in [0.29, 0.717) is 5.92 Å². The molecule has 2 N–H and O–H groups in total. The third-order valence-electron chi connectivity index (χ3n) is 8.61. The lowest BCUT2D eigenvalue weighted by Gasteiger charge is -2.46. The van der Waals surface area contributed by atoms with E-state index in [2.05, 4.69) is 39.4 Å². The Hall–Kier alpha value is -1.86. The lowest BCUT2D eigenvalue weighted by atomic mass is 9.65. The maximum Gasteiger partial charge on any atom is 0.405 e. The average Bonchev–Trinajstić information content (AvgIpc) is 3.28. The first-order valence-electron chi connectivity index (χ1n) is 13.0. The highest BCUT2D eigenvalue weighted by molar-refractivity contribution is 7.13. The first-order chi connectivity index (χ1) is 16.1. The summed E-state index contributed by atoms with van der Waals surface area (Å²) < 4.78 is 6.02. The Morgan fingerprint density at radius 3 is 2.52 bits per heavy atom. The van der Waals surface area contributed by atoms with E-state index in [4.69, 9.17) is 4.37 Å². The normalized spacial score (nSPS) is 26.4. The van der Waals surface area contributed by atoms with Gasteiger partial charge in [-0.05, 0) is 74.1 Å². The Morgan fingerprint density at radius 2 is 1.79 bits per heavy atom. The lowest BCUT2D eigenvalue weighted by Crippen LogP contribution is -2.55. The van der Waals surface area contributed by atoms with E-state index >= 15 is 0 Å². The molecule has 2 saturated carbocycles. The van der Waals surface area contributed by atoms with Crippen molar-refractivity contribution < 1.29 is 9.90 Å². The molecule has 1 aromatic carbocycles. The van der Waals surface area contributed by atoms with Crippen molar-refractivity contribution in [2.75, 3.05) is 37.6 Å². The fourth-order valence-electron chi connectivity index (χ4n) is 6.68. The number of carbonyl (C=O) groups is 1. The average molecular weight is 471 g/mol. The highest BCUT2D eigenvalue weighted by Crippen LogP contribution is 2.43. The maximum absolute atomic E-state index is 11.5. The van der Waals surface area contributed by atoms with E-state index in [0.717, 1.165) is 44.9 Å². The molecule has 180 valence electrons. The molecule has 2 heterocycles. The van der Waals surface area contributed by atoms with Crippen molar-refractivity contribution in [3.63, 3.8) is 0 Å². The summed E-state index contributed by atoms with van der Waals surface area (Å²) in [6.45, 7) is 5.55. The predicted molar refractivity (Wildman–Crippen MR) is 135 cm³/mol. The molecule has 3 aliphatic rings. The molecule has 1 saturated heterocycles. The number of hydrogen-bond donors (Lipinski definition) is 2. The molecule has 0 unspecified atom stereocenters. The van der Waals surface area contributed by atoms with Crippen LogP contribution in [0.15, 0.2) is 24.3 Å². The Labute approximate surface area is 201 Å². The molecular formula is C26H38N4O2S. The van der Waals surface area contributed by atoms with E-state index < -0.39 is 6.09 Å². The van der Waals surface area contributed by atoms with Gasteiger partial charge in [0, 0.05) is 37.1 Å². The van der Waals surface area contributed by atoms with Crippen LogP contribution in [0.25, 0.3) is 10.1 Å². The van der Waals surface area contributed by atoms with E-state index in [-0.39, 0.29) is 5.54 Å². The molecule has 0 radical (unpaired) electrons. The number of benzene rings is 1. The maximum atomic E-state index is 11.5. The number of piperazine rings is 1. The number of aromatic nitrogens is 1. The first kappa shape index (κ1) is 22.9. The summed E-state index contributed by atoms with van der Waals surface area (Å²) in [6, 6.07) is 8.56. The summed E-state index contributed by atoms with van der Waals surface area (Å²) >= 11 is 1.61. The zero-order valence-corrected chi connectivity index (χ0v) is 20.5. The van der Waals surface area contributed by atoms with Crippen LogP contribution in [0.3, 0.4) is 0 Å². The molecule has 2 aromatic rings. The quantitative estimate of drug-likeness (QED) is 0.576. The van der Waals surface area contributed by atoms with Gasteiger partial charge in [0.1, 0.15) is 5.82 Å². The largest absolute Gasteiger partial charge is 0.465 e. The zero-order valence-electron chi connectivity index (χ0n) is 19.7. The minimum atomic E-state index is -0.830. The Kier molecular flexibility index (Phi) is 7.07. The number of amides is 1. The molecule has 5 rings (SSSR count). The van der Waals surface area contributed by atoms with E-state index in [9.17, 15) is 9.90 Å². The summed E-state index contributed by atoms with van der Waals surface area (Å²) in [5, 5.41) is 13.7. The summed E-state index contributed by atoms with van der Waals surface area (Å²) in [5.74, 6) is 2.49. The van der Waals surface area contributed by atoms with Gasteiger partial charge in [-0.1, -0.05) is 44.2 Å².